The van der Waals surface area contributed by atoms with Gasteiger partial charge in [-0.25, -0.2) is 14.3 Å². The molecule has 79 heavy (non-hydrogen) atoms. The molecule has 3 aromatic rings. The maximum absolute atomic E-state index is 14.0. The Labute approximate surface area is 465 Å². The predicted molar refractivity (Wildman–Crippen MR) is 295 cm³/mol. The average Bonchev–Trinajstić information content (AvgIpc) is 3.94. The molecule has 3 aromatic heterocycles. The number of H-pyrrole nitrogens is 2. The van der Waals surface area contributed by atoms with Gasteiger partial charge in [0.25, 0.3) is 11.1 Å². The summed E-state index contributed by atoms with van der Waals surface area (Å²) in [6.45, 7) is 18.4. The summed E-state index contributed by atoms with van der Waals surface area (Å²) < 4.78 is 74.6. The van der Waals surface area contributed by atoms with E-state index >= 15 is 0 Å². The summed E-state index contributed by atoms with van der Waals surface area (Å²) in [5.74, 6) is -4.37. The quantitative estimate of drug-likeness (QED) is 0.0268. The smallest absolute Gasteiger partial charge is 0.474 e. The third kappa shape index (κ3) is 18.2. The first-order chi connectivity index (χ1) is 37.3. The van der Waals surface area contributed by atoms with Crippen molar-refractivity contribution in [3.8, 4) is 6.07 Å². The molecular formula is C47H80N9O19PSi3. The number of nitriles is 1. The largest absolute Gasteiger partial charge is 0.481 e. The summed E-state index contributed by atoms with van der Waals surface area (Å²) in [6.07, 6.45) is -3.04. The van der Waals surface area contributed by atoms with Crippen molar-refractivity contribution in [1.82, 2.24) is 34.0 Å². The summed E-state index contributed by atoms with van der Waals surface area (Å²) in [5, 5.41) is 32.6. The van der Waals surface area contributed by atoms with Crippen LogP contribution in [0.5, 0.6) is 0 Å². The maximum atomic E-state index is 14.0. The van der Waals surface area contributed by atoms with E-state index in [1.807, 2.05) is 11.0 Å². The minimum Gasteiger partial charge on any atom is -0.481 e. The topological polar surface area (TPSA) is 359 Å². The number of aliphatic carboxylic acids is 1. The van der Waals surface area contributed by atoms with Gasteiger partial charge in [0, 0.05) is 50.2 Å². The van der Waals surface area contributed by atoms with E-state index in [4.69, 9.17) is 46.9 Å². The van der Waals surface area contributed by atoms with Gasteiger partial charge in [0.2, 0.25) is 11.9 Å². The second-order valence-corrected chi connectivity index (χ2v) is 30.9. The van der Waals surface area contributed by atoms with Gasteiger partial charge in [-0.05, 0) is 23.5 Å². The number of hydrogen-bond acceptors (Lipinski definition) is 22. The number of imidazole rings is 1. The lowest BCUT2D eigenvalue weighted by molar-refractivity contribution is -0.214. The number of carbonyl (C=O) groups excluding carboxylic acids is 2. The van der Waals surface area contributed by atoms with Crippen molar-refractivity contribution in [3.63, 3.8) is 0 Å². The van der Waals surface area contributed by atoms with Gasteiger partial charge in [0.05, 0.1) is 90.8 Å². The first-order valence-electron chi connectivity index (χ1n) is 26.1. The maximum Gasteiger partial charge on any atom is 0.474 e. The zero-order chi connectivity index (χ0) is 58.8. The molecule has 5 N–H and O–H groups in total. The molecule has 2 aliphatic rings. The van der Waals surface area contributed by atoms with Crippen LogP contribution in [0.25, 0.3) is 11.2 Å². The molecule has 444 valence electrons. The number of aryl methyl sites for hydroxylation is 1. The number of hydrogen-bond donors (Lipinski definition) is 5. The van der Waals surface area contributed by atoms with Crippen molar-refractivity contribution < 1.29 is 75.0 Å². The number of aliphatic hydroxyl groups excluding tert-OH is 1. The molecule has 1 amide bonds. The Morgan fingerprint density at radius 1 is 0.962 bits per heavy atom. The number of nitrogens with zero attached hydrogens (tertiary/aromatic N) is 6. The summed E-state index contributed by atoms with van der Waals surface area (Å²) in [5.41, 5.74) is -2.28. The SMILES string of the molecule is CC(=O)O[C@@H]1[C@H](CC(=O)O)[C@H](COP(=O)(OCCC#N)OCCOCCOCCN2C[C@H](n3cc(C)c(=O)[nH]c3=O)O[C@@](CO)(CO[Si](C(C)C)(C(C)C)C(C)C)C2)O[C@H]1n1cnc2c(=O)[nH]c(NC(=O)C(C)C)nc21.[SiH3]O[SiH3]. The molecule has 0 radical (unpaired) electrons. The number of carbonyl (C=O) groups is 3. The lowest BCUT2D eigenvalue weighted by Crippen LogP contribution is -2.62. The van der Waals surface area contributed by atoms with Gasteiger partial charge in [0.1, 0.15) is 26.6 Å². The Bertz CT molecular complexity index is 2730. The number of carboxylic acid groups (broad SMARTS) is 1. The highest BCUT2D eigenvalue weighted by Crippen LogP contribution is 2.51. The van der Waals surface area contributed by atoms with Crippen molar-refractivity contribution in [2.24, 2.45) is 11.8 Å². The van der Waals surface area contributed by atoms with Crippen LogP contribution in [-0.4, -0.2) is 188 Å². The Morgan fingerprint density at radius 3 is 2.19 bits per heavy atom. The number of nitrogens with one attached hydrogen (secondary N) is 3. The highest BCUT2D eigenvalue weighted by atomic mass is 31.2. The Kier molecular flexibility index (Phi) is 26.2. The van der Waals surface area contributed by atoms with Crippen LogP contribution in [0.2, 0.25) is 16.6 Å². The van der Waals surface area contributed by atoms with Crippen LogP contribution < -0.4 is 22.1 Å². The van der Waals surface area contributed by atoms with Crippen molar-refractivity contribution in [3.05, 3.63) is 49.3 Å². The Balaban J connectivity index is 0.00000438. The van der Waals surface area contributed by atoms with Gasteiger partial charge in [-0.1, -0.05) is 55.4 Å². The van der Waals surface area contributed by atoms with Crippen LogP contribution in [0, 0.1) is 30.1 Å². The van der Waals surface area contributed by atoms with E-state index < -0.39 is 113 Å². The Morgan fingerprint density at radius 2 is 1.59 bits per heavy atom. The van der Waals surface area contributed by atoms with Crippen LogP contribution in [-0.2, 0) is 64.7 Å². The number of aliphatic hydroxyl groups is 1. The lowest BCUT2D eigenvalue weighted by atomic mass is 9.94. The van der Waals surface area contributed by atoms with Crippen molar-refractivity contribution >= 4 is 72.1 Å². The van der Waals surface area contributed by atoms with Gasteiger partial charge < -0.3 is 42.4 Å². The molecular weight excluding hydrogens is 1110 g/mol. The van der Waals surface area contributed by atoms with Crippen molar-refractivity contribution in [1.29, 1.82) is 5.26 Å². The predicted octanol–water partition coefficient (Wildman–Crippen LogP) is 0.915. The molecule has 5 heterocycles. The van der Waals surface area contributed by atoms with Gasteiger partial charge >= 0.3 is 25.5 Å². The highest BCUT2D eigenvalue weighted by Gasteiger charge is 2.51. The third-order valence-corrected chi connectivity index (χ3v) is 20.8. The molecule has 28 nitrogen and oxygen atoms in total. The second-order valence-electron chi connectivity index (χ2n) is 20.5. The zero-order valence-electron chi connectivity index (χ0n) is 47.2. The van der Waals surface area contributed by atoms with Crippen molar-refractivity contribution in [2.45, 2.75) is 129 Å². The minimum absolute atomic E-state index is 0.0727. The molecule has 0 saturated carbocycles. The third-order valence-electron chi connectivity index (χ3n) is 13.3. The van der Waals surface area contributed by atoms with Gasteiger partial charge in [0.15, 0.2) is 38.0 Å². The number of fused-ring (bicyclic) bond motifs is 1. The molecule has 0 aliphatic carbocycles. The van der Waals surface area contributed by atoms with E-state index in [2.05, 4.69) is 70.9 Å². The van der Waals surface area contributed by atoms with Crippen LogP contribution in [0.1, 0.15) is 93.2 Å². The van der Waals surface area contributed by atoms with Gasteiger partial charge in [-0.3, -0.25) is 66.9 Å². The molecule has 0 bridgehead atoms. The van der Waals surface area contributed by atoms with E-state index in [1.54, 1.807) is 20.8 Å². The zero-order valence-corrected chi connectivity index (χ0v) is 53.1. The molecule has 5 rings (SSSR count). The molecule has 1 unspecified atom stereocenters. The number of amides is 1. The molecule has 2 saturated heterocycles. The number of anilines is 1. The number of ether oxygens (including phenoxy) is 5. The van der Waals surface area contributed by atoms with Gasteiger partial charge in [-0.2, -0.15) is 10.2 Å². The molecule has 2 aliphatic heterocycles. The standard InChI is InChI=1S/C47H74N9O18PSi.H6OSi2/c1-28(2)41(61)51-45-50-40-38(43(63)52-45)49-27-56(40)44-39(72-33(10)58)34(20-37(59)60)35(73-44)23-70-75(65,68-14-11-12-48)69-19-18-67-17-16-66-15-13-54-22-36(55-21-32(9)42(62)53-46(55)64)74-47(24-54,25-57)26-71-76(29(3)4,30(5)6)31(7)8;2-1-3/h21,27-31,34-36,39,44,57H,11,13-20,22-26H2,1-10H3,(H,59,60)(H,53,62,64)(H2,50,51,52,61,63);2-3H3/t34-,35+,36-,39-,44-,47+,75?;/m1./s1. The summed E-state index contributed by atoms with van der Waals surface area (Å²) in [7, 11) is -5.07. The van der Waals surface area contributed by atoms with E-state index in [9.17, 15) is 43.5 Å². The first kappa shape index (κ1) is 66.9. The lowest BCUT2D eigenvalue weighted by Gasteiger charge is -2.49. The second kappa shape index (κ2) is 31.0. The average molecular weight is 1190 g/mol. The minimum atomic E-state index is -4.52. The summed E-state index contributed by atoms with van der Waals surface area (Å²) in [4.78, 5) is 90.6. The fraction of sp³-hybridized carbons (Fsp3) is 0.723. The Hall–Kier alpha value is -4.63. The molecule has 2 fully saturated rings. The van der Waals surface area contributed by atoms with E-state index in [0.29, 0.717) is 12.1 Å². The number of aromatic amines is 2. The van der Waals surface area contributed by atoms with Crippen molar-refractivity contribution in [2.75, 3.05) is 84.4 Å². The number of morpholine rings is 1. The highest BCUT2D eigenvalue weighted by molar-refractivity contribution is 7.48. The summed E-state index contributed by atoms with van der Waals surface area (Å²) in [6, 6.07) is 1.87. The normalized spacial score (nSPS) is 21.6. The van der Waals surface area contributed by atoms with Crippen LogP contribution in [0.3, 0.4) is 0 Å². The van der Waals surface area contributed by atoms with Crippen LogP contribution >= 0.6 is 7.82 Å². The van der Waals surface area contributed by atoms with Crippen LogP contribution in [0.15, 0.2) is 26.9 Å². The molecule has 0 aromatic carbocycles. The molecule has 0 spiro atoms. The number of phosphoric ester groups is 1. The van der Waals surface area contributed by atoms with E-state index in [-0.39, 0.29) is 99.5 Å². The number of esters is 1. The molecule has 7 atom stereocenters. The molecule has 32 heteroatoms. The number of aromatic nitrogens is 6. The van der Waals surface area contributed by atoms with E-state index in [1.165, 1.54) is 21.7 Å². The summed E-state index contributed by atoms with van der Waals surface area (Å²) >= 11 is 0. The van der Waals surface area contributed by atoms with Crippen LogP contribution in [0.4, 0.5) is 5.95 Å². The number of phosphoric acid groups is 1. The first-order valence-corrected chi connectivity index (χ1v) is 31.3. The number of carboxylic acids is 1. The monoisotopic (exact) mass is 1190 g/mol. The van der Waals surface area contributed by atoms with E-state index in [0.717, 1.165) is 27.9 Å². The number of rotatable bonds is 30. The fourth-order valence-corrected chi connectivity index (χ4v) is 16.4. The van der Waals surface area contributed by atoms with Gasteiger partial charge in [-0.15, -0.1) is 0 Å². The fourth-order valence-electron chi connectivity index (χ4n) is 9.73.